The van der Waals surface area contributed by atoms with Crippen molar-refractivity contribution < 1.29 is 4.74 Å². The Balaban J connectivity index is 1.97. The molecule has 5 aromatic carbocycles. The lowest BCUT2D eigenvalue weighted by atomic mass is 9.87. The normalized spacial score (nSPS) is 11.1. The van der Waals surface area contributed by atoms with Gasteiger partial charge in [0.15, 0.2) is 0 Å². The number of hydrogen-bond donors (Lipinski definition) is 0. The van der Waals surface area contributed by atoms with Gasteiger partial charge in [0.25, 0.3) is 0 Å². The van der Waals surface area contributed by atoms with Gasteiger partial charge in [0.2, 0.25) is 0 Å². The molecule has 1 nitrogen and oxygen atoms in total. The zero-order valence-corrected chi connectivity index (χ0v) is 17.6. The summed E-state index contributed by atoms with van der Waals surface area (Å²) in [4.78, 5) is 0. The number of halogens is 1. The predicted molar refractivity (Wildman–Crippen MR) is 127 cm³/mol. The highest BCUT2D eigenvalue weighted by Crippen LogP contribution is 2.46. The zero-order chi connectivity index (χ0) is 19.8. The molecule has 0 N–H and O–H groups in total. The van der Waals surface area contributed by atoms with Gasteiger partial charge in [0, 0.05) is 15.6 Å². The number of rotatable bonds is 3. The van der Waals surface area contributed by atoms with Crippen molar-refractivity contribution in [2.24, 2.45) is 0 Å². The lowest BCUT2D eigenvalue weighted by molar-refractivity contribution is 0.416. The van der Waals surface area contributed by atoms with Crippen molar-refractivity contribution in [1.29, 1.82) is 0 Å². The fourth-order valence-corrected chi connectivity index (χ4v) is 4.68. The van der Waals surface area contributed by atoms with Crippen molar-refractivity contribution in [2.45, 2.75) is 0 Å². The quantitative estimate of drug-likeness (QED) is 0.276. The summed E-state index contributed by atoms with van der Waals surface area (Å²) in [5, 5.41) is 4.91. The van der Waals surface area contributed by atoms with Crippen LogP contribution in [0.3, 0.4) is 0 Å². The summed E-state index contributed by atoms with van der Waals surface area (Å²) in [6, 6.07) is 34.1. The Bertz CT molecular complexity index is 1350. The maximum Gasteiger partial charge on any atom is 0.126 e. The number of hydrogen-bond acceptors (Lipinski definition) is 1. The molecule has 0 bridgehead atoms. The first-order valence-electron chi connectivity index (χ1n) is 9.60. The van der Waals surface area contributed by atoms with Crippen LogP contribution >= 0.6 is 15.9 Å². The van der Waals surface area contributed by atoms with E-state index in [4.69, 9.17) is 4.74 Å². The number of methoxy groups -OCH3 is 1. The Morgan fingerprint density at radius 2 is 1.14 bits per heavy atom. The van der Waals surface area contributed by atoms with Crippen LogP contribution in [0.1, 0.15) is 0 Å². The molecule has 0 saturated carbocycles. The van der Waals surface area contributed by atoms with Crippen LogP contribution in [0.25, 0.3) is 43.8 Å². The molecule has 0 aliphatic carbocycles. The van der Waals surface area contributed by atoms with Gasteiger partial charge in [0.05, 0.1) is 7.11 Å². The monoisotopic (exact) mass is 438 g/mol. The van der Waals surface area contributed by atoms with E-state index < -0.39 is 0 Å². The van der Waals surface area contributed by atoms with Gasteiger partial charge in [-0.05, 0) is 44.8 Å². The molecular formula is C27H19BrO. The fourth-order valence-electron chi connectivity index (χ4n) is 4.13. The van der Waals surface area contributed by atoms with Gasteiger partial charge in [-0.3, -0.25) is 0 Å². The van der Waals surface area contributed by atoms with E-state index >= 15 is 0 Å². The third-order valence-corrected chi connectivity index (χ3v) is 6.12. The molecule has 5 aromatic rings. The van der Waals surface area contributed by atoms with Crippen LogP contribution in [-0.4, -0.2) is 7.11 Å². The van der Waals surface area contributed by atoms with E-state index in [2.05, 4.69) is 101 Å². The molecule has 5 rings (SSSR count). The van der Waals surface area contributed by atoms with E-state index in [9.17, 15) is 0 Å². The van der Waals surface area contributed by atoms with Crippen molar-refractivity contribution >= 4 is 37.5 Å². The first kappa shape index (κ1) is 18.0. The van der Waals surface area contributed by atoms with Crippen molar-refractivity contribution in [3.8, 4) is 28.0 Å². The number of benzene rings is 5. The average molecular weight is 439 g/mol. The first-order chi connectivity index (χ1) is 14.3. The predicted octanol–water partition coefficient (Wildman–Crippen LogP) is 8.10. The second-order valence-corrected chi connectivity index (χ2v) is 7.91. The molecule has 0 atom stereocenters. The van der Waals surface area contributed by atoms with Gasteiger partial charge in [-0.25, -0.2) is 0 Å². The molecule has 0 spiro atoms. The average Bonchev–Trinajstić information content (AvgIpc) is 2.78. The molecule has 0 aromatic heterocycles. The summed E-state index contributed by atoms with van der Waals surface area (Å²) in [6.45, 7) is 0. The fraction of sp³-hybridized carbons (Fsp3) is 0.0370. The van der Waals surface area contributed by atoms with Gasteiger partial charge < -0.3 is 4.74 Å². The van der Waals surface area contributed by atoms with Crippen molar-refractivity contribution in [3.05, 3.63) is 102 Å². The van der Waals surface area contributed by atoms with E-state index in [1.165, 1.54) is 38.2 Å². The number of fused-ring (bicyclic) bond motifs is 2. The van der Waals surface area contributed by atoms with Gasteiger partial charge in [-0.2, -0.15) is 0 Å². The highest BCUT2D eigenvalue weighted by Gasteiger charge is 2.18. The molecule has 0 unspecified atom stereocenters. The first-order valence-corrected chi connectivity index (χ1v) is 10.4. The SMILES string of the molecule is COc1ccccc1-c1ccc2ccccc2c1-c1c(Br)ccc2ccccc12. The third kappa shape index (κ3) is 3.01. The smallest absolute Gasteiger partial charge is 0.126 e. The van der Waals surface area contributed by atoms with E-state index in [1.807, 2.05) is 12.1 Å². The standard InChI is InChI=1S/C27H19BrO/c1-29-25-13-7-6-12-22(25)23-16-14-18-8-2-4-10-20(18)26(23)27-21-11-5-3-9-19(21)15-17-24(27)28/h2-17H,1H3. The number of ether oxygens (including phenoxy) is 1. The summed E-state index contributed by atoms with van der Waals surface area (Å²) in [5.41, 5.74) is 4.69. The van der Waals surface area contributed by atoms with Crippen LogP contribution in [0.2, 0.25) is 0 Å². The second-order valence-electron chi connectivity index (χ2n) is 7.05. The van der Waals surface area contributed by atoms with E-state index in [1.54, 1.807) is 7.11 Å². The summed E-state index contributed by atoms with van der Waals surface area (Å²) in [5.74, 6) is 0.875. The van der Waals surface area contributed by atoms with Crippen molar-refractivity contribution in [2.75, 3.05) is 7.11 Å². The zero-order valence-electron chi connectivity index (χ0n) is 16.0. The topological polar surface area (TPSA) is 9.23 Å². The number of para-hydroxylation sites is 1. The van der Waals surface area contributed by atoms with Crippen LogP contribution in [0.5, 0.6) is 5.75 Å². The minimum absolute atomic E-state index is 0.875. The molecular weight excluding hydrogens is 420 g/mol. The van der Waals surface area contributed by atoms with Gasteiger partial charge in [-0.1, -0.05) is 101 Å². The molecule has 0 aliphatic heterocycles. The van der Waals surface area contributed by atoms with Gasteiger partial charge >= 0.3 is 0 Å². The van der Waals surface area contributed by atoms with Crippen LogP contribution in [0.4, 0.5) is 0 Å². The summed E-state index contributed by atoms with van der Waals surface area (Å²) < 4.78 is 6.80. The molecule has 0 aliphatic rings. The molecule has 140 valence electrons. The van der Waals surface area contributed by atoms with Crippen LogP contribution in [0, 0.1) is 0 Å². The highest BCUT2D eigenvalue weighted by atomic mass is 79.9. The molecule has 0 saturated heterocycles. The summed E-state index contributed by atoms with van der Waals surface area (Å²) in [7, 11) is 1.73. The van der Waals surface area contributed by atoms with Crippen LogP contribution < -0.4 is 4.74 Å². The maximum atomic E-state index is 5.71. The lowest BCUT2D eigenvalue weighted by Gasteiger charge is -2.19. The largest absolute Gasteiger partial charge is 0.496 e. The maximum absolute atomic E-state index is 5.71. The molecule has 0 amide bonds. The third-order valence-electron chi connectivity index (χ3n) is 5.45. The van der Waals surface area contributed by atoms with E-state index in [0.717, 1.165) is 15.8 Å². The van der Waals surface area contributed by atoms with E-state index in [-0.39, 0.29) is 0 Å². The van der Waals surface area contributed by atoms with Gasteiger partial charge in [-0.15, -0.1) is 0 Å². The molecule has 0 heterocycles. The minimum Gasteiger partial charge on any atom is -0.496 e. The summed E-state index contributed by atoms with van der Waals surface area (Å²) in [6.07, 6.45) is 0. The Hall–Kier alpha value is -3.10. The lowest BCUT2D eigenvalue weighted by Crippen LogP contribution is -1.93. The molecule has 29 heavy (non-hydrogen) atoms. The molecule has 0 radical (unpaired) electrons. The van der Waals surface area contributed by atoms with Gasteiger partial charge in [0.1, 0.15) is 5.75 Å². The van der Waals surface area contributed by atoms with Crippen molar-refractivity contribution in [1.82, 2.24) is 0 Å². The Morgan fingerprint density at radius 1 is 0.552 bits per heavy atom. The Morgan fingerprint density at radius 3 is 1.86 bits per heavy atom. The highest BCUT2D eigenvalue weighted by molar-refractivity contribution is 9.10. The molecule has 0 fully saturated rings. The molecule has 2 heteroatoms. The Labute approximate surface area is 178 Å². The van der Waals surface area contributed by atoms with Crippen molar-refractivity contribution in [3.63, 3.8) is 0 Å². The van der Waals surface area contributed by atoms with E-state index in [0.29, 0.717) is 0 Å². The van der Waals surface area contributed by atoms with Crippen LogP contribution in [0.15, 0.2) is 102 Å². The summed E-state index contributed by atoms with van der Waals surface area (Å²) >= 11 is 3.85. The Kier molecular flexibility index (Phi) is 4.57. The minimum atomic E-state index is 0.875. The van der Waals surface area contributed by atoms with Crippen LogP contribution in [-0.2, 0) is 0 Å². The second kappa shape index (κ2) is 7.38.